The average molecular weight is 501 g/mol. The molecule has 1 aliphatic rings. The van der Waals surface area contributed by atoms with Crippen LogP contribution in [0.25, 0.3) is 11.1 Å². The van der Waals surface area contributed by atoms with E-state index in [4.69, 9.17) is 10.5 Å². The molecule has 0 aliphatic carbocycles. The predicted molar refractivity (Wildman–Crippen MR) is 141 cm³/mol. The lowest BCUT2D eigenvalue weighted by Crippen LogP contribution is -2.57. The van der Waals surface area contributed by atoms with Crippen molar-refractivity contribution in [3.05, 3.63) is 89.5 Å². The molecule has 0 fully saturated rings. The Morgan fingerprint density at radius 1 is 1.00 bits per heavy atom. The van der Waals surface area contributed by atoms with Crippen LogP contribution in [0.3, 0.4) is 0 Å². The Hall–Kier alpha value is -4.13. The molecule has 0 bridgehead atoms. The molecule has 0 saturated heterocycles. The van der Waals surface area contributed by atoms with Crippen LogP contribution in [0.5, 0.6) is 5.75 Å². The Morgan fingerprint density at radius 2 is 1.68 bits per heavy atom. The molecule has 7 nitrogen and oxygen atoms in total. The van der Waals surface area contributed by atoms with Gasteiger partial charge in [0.05, 0.1) is 6.61 Å². The third-order valence-corrected chi connectivity index (χ3v) is 6.77. The molecule has 3 aromatic rings. The normalized spacial score (nSPS) is 13.4. The number of hydrogen-bond donors (Lipinski definition) is 2. The number of nitrogens with two attached hydrogens (primary N) is 1. The van der Waals surface area contributed by atoms with E-state index >= 15 is 0 Å². The van der Waals surface area contributed by atoms with Crippen molar-refractivity contribution in [3.63, 3.8) is 0 Å². The molecule has 0 saturated carbocycles. The number of ether oxygens (including phenoxy) is 1. The summed E-state index contributed by atoms with van der Waals surface area (Å²) in [5.74, 6) is -1.32. The fourth-order valence-corrected chi connectivity index (χ4v) is 4.95. The van der Waals surface area contributed by atoms with Crippen LogP contribution in [0.1, 0.15) is 48.2 Å². The Kier molecular flexibility index (Phi) is 7.62. The highest BCUT2D eigenvalue weighted by atomic mass is 16.5. The van der Waals surface area contributed by atoms with Crippen LogP contribution in [-0.2, 0) is 22.4 Å². The Labute approximate surface area is 216 Å². The maximum Gasteiger partial charge on any atom is 0.326 e. The Bertz CT molecular complexity index is 1290. The first-order valence-corrected chi connectivity index (χ1v) is 12.4. The summed E-state index contributed by atoms with van der Waals surface area (Å²) in [7, 11) is 0. The number of carbonyl (C=O) groups excluding carboxylic acids is 2. The largest absolute Gasteiger partial charge is 0.493 e. The molecule has 37 heavy (non-hydrogen) atoms. The minimum atomic E-state index is -1.22. The molecule has 3 N–H and O–H groups in total. The second kappa shape index (κ2) is 10.9. The quantitative estimate of drug-likeness (QED) is 0.427. The number of fused-ring (bicyclic) bond motifs is 1. The van der Waals surface area contributed by atoms with Gasteiger partial charge in [-0.3, -0.25) is 9.59 Å². The van der Waals surface area contributed by atoms with Gasteiger partial charge in [-0.15, -0.1) is 0 Å². The van der Waals surface area contributed by atoms with Gasteiger partial charge in [0, 0.05) is 23.9 Å². The van der Waals surface area contributed by atoms with E-state index in [-0.39, 0.29) is 12.8 Å². The highest BCUT2D eigenvalue weighted by molar-refractivity contribution is 5.97. The second-order valence-corrected chi connectivity index (χ2v) is 10.0. The van der Waals surface area contributed by atoms with Crippen LogP contribution in [0.4, 0.5) is 0 Å². The number of nitrogens with zero attached hydrogens (tertiary/aromatic N) is 1. The van der Waals surface area contributed by atoms with E-state index in [9.17, 15) is 19.5 Å². The zero-order valence-electron chi connectivity index (χ0n) is 21.1. The van der Waals surface area contributed by atoms with Crippen LogP contribution >= 0.6 is 0 Å². The number of hydrogen-bond acceptors (Lipinski definition) is 4. The lowest BCUT2D eigenvalue weighted by atomic mass is 9.89. The molecular formula is C30H32N2O5. The van der Waals surface area contributed by atoms with Crippen molar-refractivity contribution in [2.24, 2.45) is 5.73 Å². The molecule has 1 heterocycles. The van der Waals surface area contributed by atoms with E-state index in [1.807, 2.05) is 68.4 Å². The standard InChI is InChI=1S/C30H32N2O5/c1-30(2,19-20-6-4-3-5-7-20)32(25(29(35)36)14-15-27(31)33)28(34)23-11-8-21(9-12-23)24-13-10-22-16-17-37-26(22)18-24/h3-13,18,25H,14-17,19H2,1-2H3,(H2,31,33)(H,35,36)/t25-/m0/s1. The lowest BCUT2D eigenvalue weighted by Gasteiger charge is -2.42. The second-order valence-electron chi connectivity index (χ2n) is 10.0. The van der Waals surface area contributed by atoms with E-state index in [1.165, 1.54) is 10.5 Å². The van der Waals surface area contributed by atoms with E-state index in [0.29, 0.717) is 18.6 Å². The van der Waals surface area contributed by atoms with Crippen molar-refractivity contribution in [3.8, 4) is 16.9 Å². The van der Waals surface area contributed by atoms with E-state index in [1.54, 1.807) is 12.1 Å². The van der Waals surface area contributed by atoms with Gasteiger partial charge in [0.25, 0.3) is 5.91 Å². The molecule has 7 heteroatoms. The molecule has 192 valence electrons. The van der Waals surface area contributed by atoms with Crippen LogP contribution in [-0.4, -0.2) is 46.0 Å². The van der Waals surface area contributed by atoms with Crippen molar-refractivity contribution < 1.29 is 24.2 Å². The minimum Gasteiger partial charge on any atom is -0.493 e. The van der Waals surface area contributed by atoms with Crippen molar-refractivity contribution in [2.75, 3.05) is 6.61 Å². The summed E-state index contributed by atoms with van der Waals surface area (Å²) >= 11 is 0. The van der Waals surface area contributed by atoms with E-state index < -0.39 is 29.4 Å². The SMILES string of the molecule is CC(C)(Cc1ccccc1)N(C(=O)c1ccc(-c2ccc3c(c2)OCC3)cc1)[C@@H](CCC(N)=O)C(=O)O. The summed E-state index contributed by atoms with van der Waals surface area (Å²) in [4.78, 5) is 39.1. The molecule has 1 aliphatic heterocycles. The molecule has 0 aromatic heterocycles. The zero-order chi connectivity index (χ0) is 26.6. The molecule has 1 atom stereocenters. The smallest absolute Gasteiger partial charge is 0.326 e. The summed E-state index contributed by atoms with van der Waals surface area (Å²) in [6.45, 7) is 4.37. The minimum absolute atomic E-state index is 0.0676. The molecular weight excluding hydrogens is 468 g/mol. The number of carboxylic acid groups (broad SMARTS) is 1. The number of carboxylic acids is 1. The summed E-state index contributed by atoms with van der Waals surface area (Å²) in [6.07, 6.45) is 1.13. The van der Waals surface area contributed by atoms with Crippen molar-refractivity contribution >= 4 is 17.8 Å². The summed E-state index contributed by atoms with van der Waals surface area (Å²) in [5.41, 5.74) is 8.88. The average Bonchev–Trinajstić information content (AvgIpc) is 3.34. The van der Waals surface area contributed by atoms with Gasteiger partial charge in [0.1, 0.15) is 11.8 Å². The third-order valence-electron chi connectivity index (χ3n) is 6.77. The van der Waals surface area contributed by atoms with Gasteiger partial charge in [-0.1, -0.05) is 54.6 Å². The number of rotatable bonds is 10. The maximum atomic E-state index is 13.9. The van der Waals surface area contributed by atoms with Crippen LogP contribution in [0.15, 0.2) is 72.8 Å². The molecule has 0 spiro atoms. The fourth-order valence-electron chi connectivity index (χ4n) is 4.95. The molecule has 4 rings (SSSR count). The van der Waals surface area contributed by atoms with E-state index in [2.05, 4.69) is 6.07 Å². The summed E-state index contributed by atoms with van der Waals surface area (Å²) in [6, 6.07) is 21.6. The molecule has 0 unspecified atom stereocenters. The first-order valence-electron chi connectivity index (χ1n) is 12.4. The Balaban J connectivity index is 1.66. The zero-order valence-corrected chi connectivity index (χ0v) is 21.1. The fraction of sp³-hybridized carbons (Fsp3) is 0.300. The number of amides is 2. The van der Waals surface area contributed by atoms with Gasteiger partial charge in [0.2, 0.25) is 5.91 Å². The topological polar surface area (TPSA) is 110 Å². The van der Waals surface area contributed by atoms with E-state index in [0.717, 1.165) is 28.9 Å². The highest BCUT2D eigenvalue weighted by Gasteiger charge is 2.40. The van der Waals surface area contributed by atoms with Crippen molar-refractivity contribution in [2.45, 2.75) is 51.1 Å². The van der Waals surface area contributed by atoms with Gasteiger partial charge in [0.15, 0.2) is 0 Å². The third kappa shape index (κ3) is 6.00. The summed E-state index contributed by atoms with van der Waals surface area (Å²) < 4.78 is 5.68. The maximum absolute atomic E-state index is 13.9. The van der Waals surface area contributed by atoms with Gasteiger partial charge < -0.3 is 20.5 Å². The number of carbonyl (C=O) groups is 3. The van der Waals surface area contributed by atoms with Gasteiger partial charge in [-0.2, -0.15) is 0 Å². The van der Waals surface area contributed by atoms with Gasteiger partial charge in [-0.25, -0.2) is 4.79 Å². The first kappa shape index (κ1) is 25.9. The number of aliphatic carboxylic acids is 1. The van der Waals surface area contributed by atoms with Gasteiger partial charge >= 0.3 is 5.97 Å². The highest BCUT2D eigenvalue weighted by Crippen LogP contribution is 2.32. The van der Waals surface area contributed by atoms with Crippen LogP contribution in [0.2, 0.25) is 0 Å². The molecule has 0 radical (unpaired) electrons. The van der Waals surface area contributed by atoms with Gasteiger partial charge in [-0.05, 0) is 67.1 Å². The van der Waals surface area contributed by atoms with Crippen molar-refractivity contribution in [1.29, 1.82) is 0 Å². The predicted octanol–water partition coefficient (Wildman–Crippen LogP) is 4.47. The van der Waals surface area contributed by atoms with Crippen molar-refractivity contribution in [1.82, 2.24) is 4.90 Å². The molecule has 2 amide bonds. The monoisotopic (exact) mass is 500 g/mol. The lowest BCUT2D eigenvalue weighted by molar-refractivity contribution is -0.144. The first-order chi connectivity index (χ1) is 17.7. The number of benzene rings is 3. The van der Waals surface area contributed by atoms with Crippen LogP contribution in [0, 0.1) is 0 Å². The number of primary amides is 1. The summed E-state index contributed by atoms with van der Waals surface area (Å²) in [5, 5.41) is 10.1. The van der Waals surface area contributed by atoms with Crippen LogP contribution < -0.4 is 10.5 Å². The molecule has 3 aromatic carbocycles. The Morgan fingerprint density at radius 3 is 2.32 bits per heavy atom.